The highest BCUT2D eigenvalue weighted by Crippen LogP contribution is 2.21. The molecule has 0 bridgehead atoms. The summed E-state index contributed by atoms with van der Waals surface area (Å²) < 4.78 is 6.09. The molecular formula is C16H19N7S. The van der Waals surface area contributed by atoms with E-state index < -0.39 is 0 Å². The van der Waals surface area contributed by atoms with Gasteiger partial charge in [-0.2, -0.15) is 9.47 Å². The molecule has 0 unspecified atom stereocenters. The van der Waals surface area contributed by atoms with Crippen LogP contribution in [0, 0.1) is 13.8 Å². The Kier molecular flexibility index (Phi) is 3.89. The van der Waals surface area contributed by atoms with Crippen molar-refractivity contribution in [3.05, 3.63) is 42.0 Å². The summed E-state index contributed by atoms with van der Waals surface area (Å²) in [4.78, 5) is 13.8. The predicted molar refractivity (Wildman–Crippen MR) is 95.2 cm³/mol. The molecule has 1 aliphatic rings. The lowest BCUT2D eigenvalue weighted by atomic mass is 10.3. The Hall–Kier alpha value is -2.48. The number of aromatic nitrogens is 5. The van der Waals surface area contributed by atoms with E-state index in [1.165, 1.54) is 11.5 Å². The Morgan fingerprint density at radius 1 is 0.958 bits per heavy atom. The number of hydrogen-bond acceptors (Lipinski definition) is 7. The van der Waals surface area contributed by atoms with Crippen LogP contribution in [0.4, 0.5) is 10.9 Å². The van der Waals surface area contributed by atoms with Gasteiger partial charge in [0, 0.05) is 43.9 Å². The highest BCUT2D eigenvalue weighted by Gasteiger charge is 2.20. The van der Waals surface area contributed by atoms with Crippen LogP contribution in [0.5, 0.6) is 0 Å². The lowest BCUT2D eigenvalue weighted by molar-refractivity contribution is 0.644. The summed E-state index contributed by atoms with van der Waals surface area (Å²) in [5.41, 5.74) is 1.13. The van der Waals surface area contributed by atoms with Gasteiger partial charge in [-0.25, -0.2) is 14.6 Å². The fourth-order valence-corrected chi connectivity index (χ4v) is 3.52. The second-order valence-corrected chi connectivity index (χ2v) is 6.64. The molecule has 1 saturated heterocycles. The van der Waals surface area contributed by atoms with Gasteiger partial charge in [-0.15, -0.1) is 0 Å². The van der Waals surface area contributed by atoms with Gasteiger partial charge in [-0.05, 0) is 31.5 Å². The van der Waals surface area contributed by atoms with Crippen molar-refractivity contribution in [2.24, 2.45) is 0 Å². The van der Waals surface area contributed by atoms with E-state index in [4.69, 9.17) is 4.98 Å². The lowest BCUT2D eigenvalue weighted by Crippen LogP contribution is -2.46. The van der Waals surface area contributed by atoms with E-state index in [9.17, 15) is 0 Å². The van der Waals surface area contributed by atoms with Crippen LogP contribution in [0.3, 0.4) is 0 Å². The van der Waals surface area contributed by atoms with Crippen LogP contribution in [0.25, 0.3) is 5.82 Å². The van der Waals surface area contributed by atoms with Crippen molar-refractivity contribution in [2.45, 2.75) is 13.8 Å². The average molecular weight is 341 g/mol. The summed E-state index contributed by atoms with van der Waals surface area (Å²) in [6, 6.07) is 6.08. The van der Waals surface area contributed by atoms with Gasteiger partial charge in [-0.1, -0.05) is 6.07 Å². The molecule has 0 aromatic carbocycles. The van der Waals surface area contributed by atoms with Crippen molar-refractivity contribution in [3.63, 3.8) is 0 Å². The van der Waals surface area contributed by atoms with E-state index >= 15 is 0 Å². The van der Waals surface area contributed by atoms with Crippen LogP contribution < -0.4 is 9.80 Å². The molecule has 0 radical (unpaired) electrons. The van der Waals surface area contributed by atoms with Crippen LogP contribution in [-0.4, -0.2) is 50.3 Å². The average Bonchev–Trinajstić information content (AvgIpc) is 3.24. The predicted octanol–water partition coefficient (Wildman–Crippen LogP) is 2.06. The third kappa shape index (κ3) is 2.96. The number of aryl methyl sites for hydroxylation is 2. The van der Waals surface area contributed by atoms with Gasteiger partial charge in [0.2, 0.25) is 5.13 Å². The number of anilines is 2. The minimum Gasteiger partial charge on any atom is -0.353 e. The maximum absolute atomic E-state index is 4.76. The third-order valence-electron chi connectivity index (χ3n) is 4.06. The summed E-state index contributed by atoms with van der Waals surface area (Å²) in [6.07, 6.45) is 3.83. The Morgan fingerprint density at radius 2 is 1.71 bits per heavy atom. The van der Waals surface area contributed by atoms with Crippen LogP contribution in [-0.2, 0) is 0 Å². The molecule has 1 fully saturated rings. The second-order valence-electron chi connectivity index (χ2n) is 5.91. The number of hydrogen-bond donors (Lipinski definition) is 0. The largest absolute Gasteiger partial charge is 0.353 e. The van der Waals surface area contributed by atoms with Crippen molar-refractivity contribution in [1.82, 2.24) is 24.1 Å². The Balaban J connectivity index is 1.47. The smallest absolute Gasteiger partial charge is 0.205 e. The first kappa shape index (κ1) is 15.1. The molecule has 0 saturated carbocycles. The SMILES string of the molecule is Cc1cnn(-c2cccc(N3CCN(c4nc(C)ns4)CC3)n2)c1. The molecule has 24 heavy (non-hydrogen) atoms. The number of pyridine rings is 1. The molecule has 0 spiro atoms. The third-order valence-corrected chi connectivity index (χ3v) is 4.93. The van der Waals surface area contributed by atoms with Crippen LogP contribution in [0.1, 0.15) is 11.4 Å². The van der Waals surface area contributed by atoms with Crippen LogP contribution in [0.15, 0.2) is 30.6 Å². The van der Waals surface area contributed by atoms with Crippen LogP contribution in [0.2, 0.25) is 0 Å². The number of rotatable bonds is 3. The van der Waals surface area contributed by atoms with E-state index in [0.29, 0.717) is 0 Å². The van der Waals surface area contributed by atoms with Gasteiger partial charge in [0.1, 0.15) is 11.6 Å². The van der Waals surface area contributed by atoms with Gasteiger partial charge < -0.3 is 9.80 Å². The van der Waals surface area contributed by atoms with Gasteiger partial charge in [0.15, 0.2) is 5.82 Å². The maximum atomic E-state index is 4.76. The van der Waals surface area contributed by atoms with E-state index in [-0.39, 0.29) is 0 Å². The van der Waals surface area contributed by atoms with E-state index in [0.717, 1.165) is 54.3 Å². The molecule has 4 heterocycles. The van der Waals surface area contributed by atoms with Gasteiger partial charge in [0.05, 0.1) is 6.20 Å². The highest BCUT2D eigenvalue weighted by atomic mass is 32.1. The molecule has 1 aliphatic heterocycles. The van der Waals surface area contributed by atoms with Crippen molar-refractivity contribution in [3.8, 4) is 5.82 Å². The topological polar surface area (TPSA) is 63.0 Å². The summed E-state index contributed by atoms with van der Waals surface area (Å²) in [7, 11) is 0. The number of piperazine rings is 1. The molecular weight excluding hydrogens is 322 g/mol. The molecule has 0 aliphatic carbocycles. The van der Waals surface area contributed by atoms with Crippen molar-refractivity contribution < 1.29 is 0 Å². The van der Waals surface area contributed by atoms with Crippen LogP contribution >= 0.6 is 11.5 Å². The summed E-state index contributed by atoms with van der Waals surface area (Å²) in [5, 5.41) is 5.35. The zero-order chi connectivity index (χ0) is 16.5. The van der Waals surface area contributed by atoms with E-state index in [1.807, 2.05) is 43.1 Å². The quantitative estimate of drug-likeness (QED) is 0.727. The molecule has 8 heteroatoms. The molecule has 3 aromatic heterocycles. The van der Waals surface area contributed by atoms with Gasteiger partial charge in [-0.3, -0.25) is 0 Å². The van der Waals surface area contributed by atoms with Crippen molar-refractivity contribution in [2.75, 3.05) is 36.0 Å². The minimum absolute atomic E-state index is 0.848. The van der Waals surface area contributed by atoms with Gasteiger partial charge in [0.25, 0.3) is 0 Å². The van der Waals surface area contributed by atoms with Gasteiger partial charge >= 0.3 is 0 Å². The minimum atomic E-state index is 0.848. The highest BCUT2D eigenvalue weighted by molar-refractivity contribution is 7.09. The van der Waals surface area contributed by atoms with E-state index in [1.54, 1.807) is 0 Å². The maximum Gasteiger partial charge on any atom is 0.205 e. The molecule has 0 amide bonds. The molecule has 0 atom stereocenters. The zero-order valence-electron chi connectivity index (χ0n) is 13.8. The normalized spacial score (nSPS) is 15.1. The van der Waals surface area contributed by atoms with Crippen molar-refractivity contribution in [1.29, 1.82) is 0 Å². The number of nitrogens with zero attached hydrogens (tertiary/aromatic N) is 7. The zero-order valence-corrected chi connectivity index (χ0v) is 14.6. The second kappa shape index (κ2) is 6.20. The Bertz CT molecular complexity index is 832. The Labute approximate surface area is 144 Å². The summed E-state index contributed by atoms with van der Waals surface area (Å²) in [5.74, 6) is 2.69. The summed E-state index contributed by atoms with van der Waals surface area (Å²) >= 11 is 1.47. The molecule has 0 N–H and O–H groups in total. The first-order chi connectivity index (χ1) is 11.7. The lowest BCUT2D eigenvalue weighted by Gasteiger charge is -2.35. The molecule has 3 aromatic rings. The van der Waals surface area contributed by atoms with E-state index in [2.05, 4.69) is 30.3 Å². The standard InChI is InChI=1S/C16H19N7S/c1-12-10-17-23(11-12)15-5-3-4-14(19-15)21-6-8-22(9-7-21)16-18-13(2)20-24-16/h3-5,10-11H,6-9H2,1-2H3. The monoisotopic (exact) mass is 341 g/mol. The Morgan fingerprint density at radius 3 is 2.38 bits per heavy atom. The fraction of sp³-hybridized carbons (Fsp3) is 0.375. The fourth-order valence-electron chi connectivity index (χ4n) is 2.80. The summed E-state index contributed by atoms with van der Waals surface area (Å²) in [6.45, 7) is 7.67. The van der Waals surface area contributed by atoms with Crippen molar-refractivity contribution >= 4 is 22.5 Å². The molecule has 124 valence electrons. The first-order valence-corrected chi connectivity index (χ1v) is 8.75. The molecule has 7 nitrogen and oxygen atoms in total. The molecule has 4 rings (SSSR count). The first-order valence-electron chi connectivity index (χ1n) is 7.98.